The van der Waals surface area contributed by atoms with E-state index in [1.165, 1.54) is 19.4 Å². The van der Waals surface area contributed by atoms with Gasteiger partial charge < -0.3 is 9.47 Å². The van der Waals surface area contributed by atoms with E-state index < -0.39 is 0 Å². The minimum absolute atomic E-state index is 0.691. The molecular weight excluding hydrogens is 163 g/mol. The van der Waals surface area contributed by atoms with E-state index in [0.29, 0.717) is 13.2 Å². The molecule has 0 bridgehead atoms. The predicted molar refractivity (Wildman–Crippen MR) is 29.6 cm³/mol. The average Bonchev–Trinajstić information content (AvgIpc) is 1.88. The summed E-state index contributed by atoms with van der Waals surface area (Å²) in [5, 5.41) is 0. The fraction of sp³-hybridized carbons (Fsp3) is 1.00. The summed E-state index contributed by atoms with van der Waals surface area (Å²) >= 11 is 1.47. The number of hydrogen-bond acceptors (Lipinski definition) is 2. The van der Waals surface area contributed by atoms with Crippen LogP contribution in [0.3, 0.4) is 0 Å². The zero-order chi connectivity index (χ0) is 6.83. The van der Waals surface area contributed by atoms with E-state index in [1.54, 1.807) is 14.2 Å². The first-order valence-corrected chi connectivity index (χ1v) is 4.23. The van der Waals surface area contributed by atoms with E-state index in [0.717, 1.165) is 0 Å². The first-order valence-electron chi connectivity index (χ1n) is 2.08. The predicted octanol–water partition coefficient (Wildman–Crippen LogP) is 0.966. The third-order valence-corrected chi connectivity index (χ3v) is 0.492. The fourth-order valence-corrected chi connectivity index (χ4v) is 0.167. The molecule has 2 nitrogen and oxygen atoms in total. The molecule has 0 rings (SSSR count). The first-order chi connectivity index (χ1) is 3.91. The molecule has 49 valence electrons. The second kappa shape index (κ2) is 15.7. The Morgan fingerprint density at radius 2 is 1.38 bits per heavy atom. The van der Waals surface area contributed by atoms with Gasteiger partial charge >= 0.3 is 28.7 Å². The fourth-order valence-electron chi connectivity index (χ4n) is 0.167. The number of methoxy groups -OCH3 is 2. The summed E-state index contributed by atoms with van der Waals surface area (Å²) in [6.45, 7) is 1.38. The quantitative estimate of drug-likeness (QED) is 0.468. The van der Waals surface area contributed by atoms with Gasteiger partial charge in [-0.05, 0) is 0 Å². The minimum atomic E-state index is 0.691. The van der Waals surface area contributed by atoms with Crippen LogP contribution in [-0.4, -0.2) is 27.4 Å². The Bertz CT molecular complexity index is 26.0. The molecule has 0 radical (unpaired) electrons. The molecule has 0 aliphatic rings. The van der Waals surface area contributed by atoms with E-state index in [4.69, 9.17) is 0 Å². The first kappa shape index (κ1) is 11.7. The molecule has 4 heteroatoms. The third kappa shape index (κ3) is 15.8. The molecule has 8 heavy (non-hydrogen) atoms. The summed E-state index contributed by atoms with van der Waals surface area (Å²) in [5.41, 5.74) is 0. The second-order valence-electron chi connectivity index (χ2n) is 0.986. The van der Waals surface area contributed by atoms with Gasteiger partial charge in [-0.25, -0.2) is 0 Å². The van der Waals surface area contributed by atoms with Gasteiger partial charge in [0.15, 0.2) is 0 Å². The van der Waals surface area contributed by atoms with Crippen LogP contribution in [-0.2, 0) is 28.8 Å². The summed E-state index contributed by atoms with van der Waals surface area (Å²) in [6, 6.07) is 0. The van der Waals surface area contributed by atoms with Crippen LogP contribution >= 0.6 is 9.30 Å². The zero-order valence-electron chi connectivity index (χ0n) is 5.11. The molecule has 0 aromatic rings. The second-order valence-corrected chi connectivity index (χ2v) is 0.986. The molecule has 0 saturated carbocycles. The van der Waals surface area contributed by atoms with Crippen molar-refractivity contribution >= 4 is 9.30 Å². The van der Waals surface area contributed by atoms with Crippen molar-refractivity contribution < 1.29 is 28.8 Å². The van der Waals surface area contributed by atoms with Crippen molar-refractivity contribution in [3.05, 3.63) is 0 Å². The van der Waals surface area contributed by atoms with Crippen LogP contribution in [0.15, 0.2) is 0 Å². The molecule has 0 amide bonds. The van der Waals surface area contributed by atoms with Gasteiger partial charge in [-0.3, -0.25) is 0 Å². The number of rotatable bonds is 3. The van der Waals surface area contributed by atoms with Gasteiger partial charge in [0.1, 0.15) is 0 Å². The summed E-state index contributed by atoms with van der Waals surface area (Å²) in [4.78, 5) is 0. The molecule has 0 fully saturated rings. The molecule has 0 heterocycles. The van der Waals surface area contributed by atoms with Crippen molar-refractivity contribution in [2.45, 2.75) is 0 Å². The Hall–Kier alpha value is 0.924. The van der Waals surface area contributed by atoms with E-state index in [-0.39, 0.29) is 0 Å². The molecule has 0 spiro atoms. The van der Waals surface area contributed by atoms with Crippen molar-refractivity contribution in [2.75, 3.05) is 27.4 Å². The van der Waals surface area contributed by atoms with Crippen LogP contribution in [0.4, 0.5) is 0 Å². The monoisotopic (exact) mass is 173 g/mol. The molecule has 0 aromatic carbocycles. The molecule has 0 aliphatic carbocycles. The van der Waals surface area contributed by atoms with Crippen molar-refractivity contribution in [1.82, 2.24) is 0 Å². The number of ether oxygens (including phenoxy) is 2. The van der Waals surface area contributed by atoms with Crippen LogP contribution < -0.4 is 0 Å². The standard InChI is InChI=1S/C4H10O2.ClH.Ti/c1-5-3-4-6-2;;/h3-4H2,1-2H3;1H;/q;;+1/p-1. The summed E-state index contributed by atoms with van der Waals surface area (Å²) < 4.78 is 9.31. The molecule has 0 unspecified atom stereocenters. The van der Waals surface area contributed by atoms with E-state index in [9.17, 15) is 0 Å². The molecule has 0 atom stereocenters. The van der Waals surface area contributed by atoms with Crippen molar-refractivity contribution in [2.24, 2.45) is 0 Å². The maximum atomic E-state index is 4.66. The number of halogens is 1. The Kier molecular flexibility index (Phi) is 22.9. The SMILES string of the molecule is COCCOC.[Cl][Ti]. The zero-order valence-corrected chi connectivity index (χ0v) is 7.43. The topological polar surface area (TPSA) is 18.5 Å². The van der Waals surface area contributed by atoms with Gasteiger partial charge in [0.2, 0.25) is 0 Å². The summed E-state index contributed by atoms with van der Waals surface area (Å²) in [7, 11) is 7.94. The molecule has 0 aromatic heterocycles. The van der Waals surface area contributed by atoms with Gasteiger partial charge in [0.25, 0.3) is 0 Å². The molecule has 0 saturated heterocycles. The Labute approximate surface area is 65.8 Å². The van der Waals surface area contributed by atoms with Crippen LogP contribution in [0, 0.1) is 0 Å². The van der Waals surface area contributed by atoms with Crippen LogP contribution in [0.25, 0.3) is 0 Å². The molecule has 0 aliphatic heterocycles. The Balaban J connectivity index is 0. The van der Waals surface area contributed by atoms with Crippen LogP contribution in [0.5, 0.6) is 0 Å². The van der Waals surface area contributed by atoms with Gasteiger partial charge in [-0.2, -0.15) is 0 Å². The van der Waals surface area contributed by atoms with Gasteiger partial charge in [-0.1, -0.05) is 0 Å². The molecular formula is C4H10ClO2Ti. The van der Waals surface area contributed by atoms with Gasteiger partial charge in [0, 0.05) is 14.2 Å². The van der Waals surface area contributed by atoms with E-state index in [2.05, 4.69) is 18.8 Å². The van der Waals surface area contributed by atoms with Crippen molar-refractivity contribution in [1.29, 1.82) is 0 Å². The van der Waals surface area contributed by atoms with Crippen LogP contribution in [0.1, 0.15) is 0 Å². The Morgan fingerprint density at radius 3 is 1.50 bits per heavy atom. The van der Waals surface area contributed by atoms with E-state index >= 15 is 0 Å². The summed E-state index contributed by atoms with van der Waals surface area (Å²) in [6.07, 6.45) is 0. The Morgan fingerprint density at radius 1 is 1.12 bits per heavy atom. The third-order valence-electron chi connectivity index (χ3n) is 0.492. The van der Waals surface area contributed by atoms with Gasteiger partial charge in [0.05, 0.1) is 13.2 Å². The van der Waals surface area contributed by atoms with Gasteiger partial charge in [-0.15, -0.1) is 0 Å². The van der Waals surface area contributed by atoms with Crippen LogP contribution in [0.2, 0.25) is 0 Å². The normalized spacial score (nSPS) is 7.25. The summed E-state index contributed by atoms with van der Waals surface area (Å²) in [5.74, 6) is 0. The number of hydrogen-bond donors (Lipinski definition) is 0. The van der Waals surface area contributed by atoms with Crippen molar-refractivity contribution in [3.63, 3.8) is 0 Å². The van der Waals surface area contributed by atoms with Crippen molar-refractivity contribution in [3.8, 4) is 0 Å². The van der Waals surface area contributed by atoms with E-state index in [1.807, 2.05) is 0 Å². The molecule has 0 N–H and O–H groups in total. The average molecular weight is 173 g/mol. The maximum absolute atomic E-state index is 4.66.